The molecule has 1 rings (SSSR count). The fourth-order valence-electron chi connectivity index (χ4n) is 1.07. The van der Waals surface area contributed by atoms with Crippen molar-refractivity contribution in [2.75, 3.05) is 13.6 Å². The first kappa shape index (κ1) is 12.6. The third kappa shape index (κ3) is 2.38. The number of halogens is 2. The first-order valence-electron chi connectivity index (χ1n) is 4.24. The molecule has 0 saturated carbocycles. The molecule has 0 aliphatic heterocycles. The van der Waals surface area contributed by atoms with E-state index in [1.807, 2.05) is 0 Å². The molecule has 3 nitrogen and oxygen atoms in total. The van der Waals surface area contributed by atoms with Gasteiger partial charge in [-0.15, -0.1) is 6.42 Å². The van der Waals surface area contributed by atoms with E-state index in [1.54, 1.807) is 0 Å². The number of nitrogens with zero attached hydrogens (tertiary/aromatic N) is 1. The topological polar surface area (TPSA) is 37.4 Å². The van der Waals surface area contributed by atoms with Crippen LogP contribution in [0.4, 0.5) is 8.78 Å². The Bertz CT molecular complexity index is 534. The monoisotopic (exact) mass is 245 g/mol. The molecule has 16 heavy (non-hydrogen) atoms. The highest BCUT2D eigenvalue weighted by Crippen LogP contribution is 2.18. The second-order valence-electron chi connectivity index (χ2n) is 3.04. The van der Waals surface area contributed by atoms with Gasteiger partial charge in [-0.2, -0.15) is 4.31 Å². The Balaban J connectivity index is 3.23. The summed E-state index contributed by atoms with van der Waals surface area (Å²) in [6, 6.07) is 2.25. The first-order chi connectivity index (χ1) is 7.39. The van der Waals surface area contributed by atoms with Gasteiger partial charge >= 0.3 is 0 Å². The minimum absolute atomic E-state index is 0.181. The Morgan fingerprint density at radius 3 is 2.56 bits per heavy atom. The summed E-state index contributed by atoms with van der Waals surface area (Å²) < 4.78 is 50.1. The van der Waals surface area contributed by atoms with Crippen molar-refractivity contribution in [3.05, 3.63) is 29.8 Å². The predicted octanol–water partition coefficient (Wildman–Crippen LogP) is 1.22. The number of rotatable bonds is 3. The molecule has 86 valence electrons. The second kappa shape index (κ2) is 4.60. The average Bonchev–Trinajstić information content (AvgIpc) is 2.17. The van der Waals surface area contributed by atoms with Gasteiger partial charge in [0.1, 0.15) is 16.5 Å². The number of hydrogen-bond donors (Lipinski definition) is 0. The largest absolute Gasteiger partial charge is 0.246 e. The van der Waals surface area contributed by atoms with Gasteiger partial charge in [-0.05, 0) is 12.1 Å². The summed E-state index contributed by atoms with van der Waals surface area (Å²) in [7, 11) is -2.78. The maximum atomic E-state index is 13.2. The van der Waals surface area contributed by atoms with Gasteiger partial charge < -0.3 is 0 Å². The summed E-state index contributed by atoms with van der Waals surface area (Å²) >= 11 is 0. The van der Waals surface area contributed by atoms with Crippen LogP contribution >= 0.6 is 0 Å². The summed E-state index contributed by atoms with van der Waals surface area (Å²) in [5.41, 5.74) is 0. The van der Waals surface area contributed by atoms with Crippen molar-refractivity contribution in [3.8, 4) is 12.3 Å². The van der Waals surface area contributed by atoms with E-state index in [-0.39, 0.29) is 6.54 Å². The minimum atomic E-state index is -4.00. The molecule has 0 bridgehead atoms. The fraction of sp³-hybridized carbons (Fsp3) is 0.200. The molecule has 0 radical (unpaired) electrons. The van der Waals surface area contributed by atoms with Gasteiger partial charge in [-0.1, -0.05) is 5.92 Å². The Kier molecular flexibility index (Phi) is 3.62. The lowest BCUT2D eigenvalue weighted by Gasteiger charge is -2.14. The Morgan fingerprint density at radius 2 is 2.06 bits per heavy atom. The Morgan fingerprint density at radius 1 is 1.44 bits per heavy atom. The molecule has 1 aromatic rings. The summed E-state index contributed by atoms with van der Waals surface area (Å²) in [4.78, 5) is -0.591. The van der Waals surface area contributed by atoms with Crippen molar-refractivity contribution in [2.24, 2.45) is 0 Å². The number of hydrogen-bond acceptors (Lipinski definition) is 2. The second-order valence-corrected chi connectivity index (χ2v) is 5.05. The van der Waals surface area contributed by atoms with Crippen molar-refractivity contribution in [2.45, 2.75) is 4.90 Å². The maximum absolute atomic E-state index is 13.2. The molecule has 0 aromatic heterocycles. The Hall–Kier alpha value is -1.45. The zero-order chi connectivity index (χ0) is 12.3. The molecule has 0 aliphatic rings. The number of benzene rings is 1. The SMILES string of the molecule is C#CCN(C)S(=O)(=O)c1ccc(F)cc1F. The fourth-order valence-corrected chi connectivity index (χ4v) is 2.19. The van der Waals surface area contributed by atoms with E-state index in [1.165, 1.54) is 7.05 Å². The van der Waals surface area contributed by atoms with Crippen LogP contribution in [0.2, 0.25) is 0 Å². The van der Waals surface area contributed by atoms with E-state index in [9.17, 15) is 17.2 Å². The smallest absolute Gasteiger partial charge is 0.207 e. The van der Waals surface area contributed by atoms with Crippen LogP contribution < -0.4 is 0 Å². The number of terminal acetylenes is 1. The van der Waals surface area contributed by atoms with E-state index in [0.717, 1.165) is 16.4 Å². The third-order valence-corrected chi connectivity index (χ3v) is 3.73. The molecule has 0 saturated heterocycles. The van der Waals surface area contributed by atoms with E-state index in [2.05, 4.69) is 5.92 Å². The molecule has 0 fully saturated rings. The lowest BCUT2D eigenvalue weighted by Crippen LogP contribution is -2.28. The summed E-state index contributed by atoms with van der Waals surface area (Å²) in [5, 5.41) is 0. The third-order valence-electron chi connectivity index (χ3n) is 1.90. The zero-order valence-corrected chi connectivity index (χ0v) is 9.26. The van der Waals surface area contributed by atoms with Crippen molar-refractivity contribution < 1.29 is 17.2 Å². The molecule has 0 atom stereocenters. The summed E-state index contributed by atoms with van der Waals surface area (Å²) in [6.07, 6.45) is 4.96. The highest BCUT2D eigenvalue weighted by Gasteiger charge is 2.23. The van der Waals surface area contributed by atoms with Gasteiger partial charge in [-0.3, -0.25) is 0 Å². The highest BCUT2D eigenvalue weighted by molar-refractivity contribution is 7.89. The van der Waals surface area contributed by atoms with E-state index >= 15 is 0 Å². The van der Waals surface area contributed by atoms with E-state index in [0.29, 0.717) is 6.07 Å². The van der Waals surface area contributed by atoms with Crippen LogP contribution in [0, 0.1) is 24.0 Å². The molecule has 0 amide bonds. The molecule has 0 unspecified atom stereocenters. The maximum Gasteiger partial charge on any atom is 0.246 e. The van der Waals surface area contributed by atoms with Crippen molar-refractivity contribution >= 4 is 10.0 Å². The van der Waals surface area contributed by atoms with Gasteiger partial charge in [-0.25, -0.2) is 17.2 Å². The van der Waals surface area contributed by atoms with Crippen molar-refractivity contribution in [1.82, 2.24) is 4.31 Å². The van der Waals surface area contributed by atoms with Crippen LogP contribution in [0.1, 0.15) is 0 Å². The van der Waals surface area contributed by atoms with Gasteiger partial charge in [0, 0.05) is 13.1 Å². The molecule has 0 N–H and O–H groups in total. The first-order valence-corrected chi connectivity index (χ1v) is 5.68. The van der Waals surface area contributed by atoms with Crippen LogP contribution in [0.15, 0.2) is 23.1 Å². The van der Waals surface area contributed by atoms with Crippen LogP contribution in [0.25, 0.3) is 0 Å². The molecular formula is C10H9F2NO2S. The van der Waals surface area contributed by atoms with Gasteiger partial charge in [0.05, 0.1) is 6.54 Å². The molecule has 0 aliphatic carbocycles. The highest BCUT2D eigenvalue weighted by atomic mass is 32.2. The summed E-state index contributed by atoms with van der Waals surface area (Å²) in [5.74, 6) is 0.152. The van der Waals surface area contributed by atoms with Crippen LogP contribution in [-0.2, 0) is 10.0 Å². The normalized spacial score (nSPS) is 11.4. The minimum Gasteiger partial charge on any atom is -0.207 e. The van der Waals surface area contributed by atoms with Crippen molar-refractivity contribution in [1.29, 1.82) is 0 Å². The molecule has 0 heterocycles. The summed E-state index contributed by atoms with van der Waals surface area (Å²) in [6.45, 7) is -0.181. The van der Waals surface area contributed by atoms with E-state index < -0.39 is 26.6 Å². The number of sulfonamides is 1. The molecular weight excluding hydrogens is 236 g/mol. The van der Waals surface area contributed by atoms with Crippen LogP contribution in [0.3, 0.4) is 0 Å². The van der Waals surface area contributed by atoms with Crippen molar-refractivity contribution in [3.63, 3.8) is 0 Å². The van der Waals surface area contributed by atoms with Gasteiger partial charge in [0.2, 0.25) is 10.0 Å². The standard InChI is InChI=1S/C10H9F2NO2S/c1-3-6-13(2)16(14,15)10-5-4-8(11)7-9(10)12/h1,4-5,7H,6H2,2H3. The van der Waals surface area contributed by atoms with Crippen LogP contribution in [0.5, 0.6) is 0 Å². The average molecular weight is 245 g/mol. The predicted molar refractivity (Wildman–Crippen MR) is 55.0 cm³/mol. The quantitative estimate of drug-likeness (QED) is 0.751. The molecule has 0 spiro atoms. The van der Waals surface area contributed by atoms with Gasteiger partial charge in [0.25, 0.3) is 0 Å². The zero-order valence-electron chi connectivity index (χ0n) is 8.44. The molecule has 1 aromatic carbocycles. The molecule has 6 heteroatoms. The Labute approximate surface area is 92.7 Å². The van der Waals surface area contributed by atoms with Crippen LogP contribution in [-0.4, -0.2) is 26.3 Å². The van der Waals surface area contributed by atoms with Gasteiger partial charge in [0.15, 0.2) is 0 Å². The lowest BCUT2D eigenvalue weighted by molar-refractivity contribution is 0.490. The lowest BCUT2D eigenvalue weighted by atomic mass is 10.3. The van der Waals surface area contributed by atoms with E-state index in [4.69, 9.17) is 6.42 Å².